The largest absolute Gasteiger partial charge is 0.473 e. The summed E-state index contributed by atoms with van der Waals surface area (Å²) >= 11 is 0. The van der Waals surface area contributed by atoms with Crippen LogP contribution in [0.4, 0.5) is 0 Å². The molecule has 1 aliphatic rings. The van der Waals surface area contributed by atoms with Gasteiger partial charge in [-0.3, -0.25) is 0 Å². The molecule has 17 heavy (non-hydrogen) atoms. The van der Waals surface area contributed by atoms with Gasteiger partial charge in [0.1, 0.15) is 6.10 Å². The van der Waals surface area contributed by atoms with Crippen LogP contribution in [0.1, 0.15) is 31.2 Å². The average Bonchev–Trinajstić information content (AvgIpc) is 2.39. The fourth-order valence-electron chi connectivity index (χ4n) is 2.27. The van der Waals surface area contributed by atoms with Crippen molar-refractivity contribution in [2.45, 2.75) is 37.8 Å². The van der Waals surface area contributed by atoms with Gasteiger partial charge in [0.25, 0.3) is 0 Å². The van der Waals surface area contributed by atoms with Gasteiger partial charge in [0.05, 0.1) is 11.6 Å². The molecule has 1 N–H and O–H groups in total. The predicted molar refractivity (Wildman–Crippen MR) is 64.7 cm³/mol. The Hall–Kier alpha value is -1.60. The van der Waals surface area contributed by atoms with Crippen LogP contribution in [-0.2, 0) is 0 Å². The summed E-state index contributed by atoms with van der Waals surface area (Å²) in [6.45, 7) is 0. The molecule has 0 aliphatic heterocycles. The van der Waals surface area contributed by atoms with Crippen LogP contribution in [-0.4, -0.2) is 24.2 Å². The van der Waals surface area contributed by atoms with Crippen LogP contribution < -0.4 is 10.1 Å². The molecule has 2 atom stereocenters. The topological polar surface area (TPSA) is 57.9 Å². The highest BCUT2D eigenvalue weighted by Crippen LogP contribution is 2.23. The molecular weight excluding hydrogens is 214 g/mol. The van der Waals surface area contributed by atoms with E-state index in [2.05, 4.69) is 16.4 Å². The number of likely N-dealkylation sites (N-methyl/N-ethyl adjacent to an activating group) is 1. The smallest absolute Gasteiger partial charge is 0.214 e. The van der Waals surface area contributed by atoms with Crippen molar-refractivity contribution in [3.8, 4) is 11.9 Å². The number of nitrogens with one attached hydrogen (secondary N) is 1. The Morgan fingerprint density at radius 3 is 3.06 bits per heavy atom. The standard InChI is InChI=1S/C13H17N3O/c1-15-11-4-2-3-5-12(11)17-13-8-10(9-14)6-7-16-13/h6-8,11-12,15H,2-5H2,1H3. The molecule has 0 amide bonds. The zero-order valence-corrected chi connectivity index (χ0v) is 10.0. The molecule has 0 aromatic carbocycles. The highest BCUT2D eigenvalue weighted by atomic mass is 16.5. The molecule has 1 aromatic rings. The Balaban J connectivity index is 2.06. The monoisotopic (exact) mass is 231 g/mol. The molecule has 2 unspecified atom stereocenters. The molecule has 0 bridgehead atoms. The number of rotatable bonds is 3. The summed E-state index contributed by atoms with van der Waals surface area (Å²) in [6.07, 6.45) is 6.40. The normalized spacial score (nSPS) is 24.0. The maximum absolute atomic E-state index is 8.82. The molecule has 2 rings (SSSR count). The number of nitriles is 1. The third kappa shape index (κ3) is 2.95. The summed E-state index contributed by atoms with van der Waals surface area (Å²) in [7, 11) is 1.96. The van der Waals surface area contributed by atoms with Gasteiger partial charge >= 0.3 is 0 Å². The van der Waals surface area contributed by atoms with Crippen molar-refractivity contribution in [2.75, 3.05) is 7.05 Å². The summed E-state index contributed by atoms with van der Waals surface area (Å²) in [4.78, 5) is 4.15. The molecule has 1 heterocycles. The van der Waals surface area contributed by atoms with Crippen molar-refractivity contribution in [3.05, 3.63) is 23.9 Å². The lowest BCUT2D eigenvalue weighted by molar-refractivity contribution is 0.113. The van der Waals surface area contributed by atoms with Crippen molar-refractivity contribution in [1.29, 1.82) is 5.26 Å². The molecule has 90 valence electrons. The molecule has 1 fully saturated rings. The number of ether oxygens (including phenoxy) is 1. The van der Waals surface area contributed by atoms with Gasteiger partial charge in [-0.1, -0.05) is 6.42 Å². The van der Waals surface area contributed by atoms with Crippen LogP contribution in [0.3, 0.4) is 0 Å². The Morgan fingerprint density at radius 1 is 1.47 bits per heavy atom. The first-order chi connectivity index (χ1) is 8.33. The second kappa shape index (κ2) is 5.65. The SMILES string of the molecule is CNC1CCCCC1Oc1cc(C#N)ccn1. The van der Waals surface area contributed by atoms with E-state index in [1.807, 2.05) is 7.05 Å². The van der Waals surface area contributed by atoms with Gasteiger partial charge in [-0.05, 0) is 32.4 Å². The lowest BCUT2D eigenvalue weighted by Gasteiger charge is -2.31. The van der Waals surface area contributed by atoms with Gasteiger partial charge in [-0.2, -0.15) is 5.26 Å². The van der Waals surface area contributed by atoms with Gasteiger partial charge in [-0.15, -0.1) is 0 Å². The van der Waals surface area contributed by atoms with Gasteiger partial charge in [-0.25, -0.2) is 4.98 Å². The maximum atomic E-state index is 8.82. The van der Waals surface area contributed by atoms with Gasteiger partial charge in [0.15, 0.2) is 0 Å². The highest BCUT2D eigenvalue weighted by molar-refractivity contribution is 5.31. The van der Waals surface area contributed by atoms with Crippen molar-refractivity contribution >= 4 is 0 Å². The Kier molecular flexibility index (Phi) is 3.94. The van der Waals surface area contributed by atoms with Crippen molar-refractivity contribution in [3.63, 3.8) is 0 Å². The quantitative estimate of drug-likeness (QED) is 0.862. The van der Waals surface area contributed by atoms with E-state index >= 15 is 0 Å². The van der Waals surface area contributed by atoms with Crippen molar-refractivity contribution in [1.82, 2.24) is 10.3 Å². The van der Waals surface area contributed by atoms with E-state index in [1.165, 1.54) is 12.8 Å². The number of pyridine rings is 1. The predicted octanol–water partition coefficient (Wildman–Crippen LogP) is 1.86. The first-order valence-electron chi connectivity index (χ1n) is 6.03. The third-order valence-electron chi connectivity index (χ3n) is 3.21. The Labute approximate surface area is 102 Å². The molecule has 0 radical (unpaired) electrons. The summed E-state index contributed by atoms with van der Waals surface area (Å²) in [5.41, 5.74) is 0.590. The van der Waals surface area contributed by atoms with E-state index in [1.54, 1.807) is 18.3 Å². The molecule has 0 saturated heterocycles. The molecule has 1 saturated carbocycles. The lowest BCUT2D eigenvalue weighted by Crippen LogP contribution is -2.43. The van der Waals surface area contributed by atoms with E-state index in [0.717, 1.165) is 12.8 Å². The minimum absolute atomic E-state index is 0.162. The summed E-state index contributed by atoms with van der Waals surface area (Å²) in [5.74, 6) is 0.552. The summed E-state index contributed by atoms with van der Waals surface area (Å²) in [6, 6.07) is 5.86. The van der Waals surface area contributed by atoms with Crippen LogP contribution in [0.15, 0.2) is 18.3 Å². The molecule has 0 spiro atoms. The summed E-state index contributed by atoms with van der Waals surface area (Å²) < 4.78 is 5.88. The van der Waals surface area contributed by atoms with Gasteiger partial charge < -0.3 is 10.1 Å². The third-order valence-corrected chi connectivity index (χ3v) is 3.21. The molecule has 1 aliphatic carbocycles. The maximum Gasteiger partial charge on any atom is 0.214 e. The Morgan fingerprint density at radius 2 is 2.29 bits per heavy atom. The zero-order valence-electron chi connectivity index (χ0n) is 10.0. The fourth-order valence-corrected chi connectivity index (χ4v) is 2.27. The molecule has 4 heteroatoms. The van der Waals surface area contributed by atoms with E-state index in [0.29, 0.717) is 17.5 Å². The minimum Gasteiger partial charge on any atom is -0.473 e. The number of hydrogen-bond donors (Lipinski definition) is 1. The van der Waals surface area contributed by atoms with Crippen LogP contribution in [0.2, 0.25) is 0 Å². The van der Waals surface area contributed by atoms with E-state index in [-0.39, 0.29) is 6.10 Å². The molecule has 1 aromatic heterocycles. The number of aromatic nitrogens is 1. The second-order valence-corrected chi connectivity index (χ2v) is 4.33. The number of hydrogen-bond acceptors (Lipinski definition) is 4. The van der Waals surface area contributed by atoms with E-state index < -0.39 is 0 Å². The van der Waals surface area contributed by atoms with E-state index in [4.69, 9.17) is 10.00 Å². The molecule has 4 nitrogen and oxygen atoms in total. The van der Waals surface area contributed by atoms with Crippen LogP contribution in [0.5, 0.6) is 5.88 Å². The van der Waals surface area contributed by atoms with Crippen LogP contribution >= 0.6 is 0 Å². The highest BCUT2D eigenvalue weighted by Gasteiger charge is 2.25. The molecular formula is C13H17N3O. The average molecular weight is 231 g/mol. The van der Waals surface area contributed by atoms with E-state index in [9.17, 15) is 0 Å². The number of nitrogens with zero attached hydrogens (tertiary/aromatic N) is 2. The second-order valence-electron chi connectivity index (χ2n) is 4.33. The zero-order chi connectivity index (χ0) is 12.1. The fraction of sp³-hybridized carbons (Fsp3) is 0.538. The van der Waals surface area contributed by atoms with Crippen LogP contribution in [0, 0.1) is 11.3 Å². The minimum atomic E-state index is 0.162. The van der Waals surface area contributed by atoms with Crippen molar-refractivity contribution in [2.24, 2.45) is 0 Å². The van der Waals surface area contributed by atoms with Crippen LogP contribution in [0.25, 0.3) is 0 Å². The lowest BCUT2D eigenvalue weighted by atomic mass is 9.92. The van der Waals surface area contributed by atoms with Gasteiger partial charge in [0.2, 0.25) is 5.88 Å². The first-order valence-corrected chi connectivity index (χ1v) is 6.03. The van der Waals surface area contributed by atoms with Crippen molar-refractivity contribution < 1.29 is 4.74 Å². The first kappa shape index (κ1) is 11.9. The summed E-state index contributed by atoms with van der Waals surface area (Å²) in [5, 5.41) is 12.1. The Bertz CT molecular complexity index is 413. The van der Waals surface area contributed by atoms with Gasteiger partial charge in [0, 0.05) is 18.3 Å².